The van der Waals surface area contributed by atoms with Crippen LogP contribution in [-0.4, -0.2) is 40.2 Å². The standard InChI is InChI=1S/C13H24N4O3/c1-6-19-13(20-7-2)11-8-17(16-15-11)10(5)12(18)14-9(3)4/h8-10,13H,6-7H2,1-5H3,(H,14,18). The molecular weight excluding hydrogens is 260 g/mol. The molecule has 0 saturated heterocycles. The van der Waals surface area contributed by atoms with Crippen molar-refractivity contribution in [2.75, 3.05) is 13.2 Å². The normalized spacial score (nSPS) is 12.9. The second-order valence-electron chi connectivity index (χ2n) is 4.71. The highest BCUT2D eigenvalue weighted by molar-refractivity contribution is 5.79. The number of nitrogens with zero attached hydrogens (tertiary/aromatic N) is 3. The molecule has 0 aliphatic heterocycles. The summed E-state index contributed by atoms with van der Waals surface area (Å²) >= 11 is 0. The molecule has 0 aromatic carbocycles. The zero-order chi connectivity index (χ0) is 15.1. The lowest BCUT2D eigenvalue weighted by atomic mass is 10.3. The molecule has 7 heteroatoms. The molecule has 0 spiro atoms. The largest absolute Gasteiger partial charge is 0.352 e. The summed E-state index contributed by atoms with van der Waals surface area (Å²) in [4.78, 5) is 11.9. The van der Waals surface area contributed by atoms with Gasteiger partial charge in [-0.3, -0.25) is 4.79 Å². The maximum atomic E-state index is 11.9. The van der Waals surface area contributed by atoms with Crippen molar-refractivity contribution in [3.8, 4) is 0 Å². The Hall–Kier alpha value is -1.47. The van der Waals surface area contributed by atoms with Crippen LogP contribution in [-0.2, 0) is 14.3 Å². The Bertz CT molecular complexity index is 414. The van der Waals surface area contributed by atoms with Gasteiger partial charge in [-0.2, -0.15) is 0 Å². The first-order chi connectivity index (χ1) is 9.49. The average molecular weight is 284 g/mol. The van der Waals surface area contributed by atoms with E-state index in [9.17, 15) is 4.79 Å². The molecule has 1 amide bonds. The SMILES string of the molecule is CCOC(OCC)c1cn(C(C)C(=O)NC(C)C)nn1. The molecule has 1 rings (SSSR count). The zero-order valence-corrected chi connectivity index (χ0v) is 12.8. The van der Waals surface area contributed by atoms with E-state index in [2.05, 4.69) is 15.6 Å². The number of hydrogen-bond acceptors (Lipinski definition) is 5. The van der Waals surface area contributed by atoms with Crippen molar-refractivity contribution >= 4 is 5.91 Å². The molecular formula is C13H24N4O3. The van der Waals surface area contributed by atoms with E-state index in [1.54, 1.807) is 13.1 Å². The number of amides is 1. The molecule has 1 aromatic rings. The Labute approximate surface area is 119 Å². The number of hydrogen-bond donors (Lipinski definition) is 1. The number of rotatable bonds is 8. The monoisotopic (exact) mass is 284 g/mol. The van der Waals surface area contributed by atoms with Crippen LogP contribution >= 0.6 is 0 Å². The highest BCUT2D eigenvalue weighted by Gasteiger charge is 2.21. The van der Waals surface area contributed by atoms with Gasteiger partial charge in [-0.15, -0.1) is 5.10 Å². The lowest BCUT2D eigenvalue weighted by Gasteiger charge is -2.15. The van der Waals surface area contributed by atoms with E-state index >= 15 is 0 Å². The number of aromatic nitrogens is 3. The van der Waals surface area contributed by atoms with Crippen LogP contribution in [0.15, 0.2) is 6.20 Å². The summed E-state index contributed by atoms with van der Waals surface area (Å²) in [5.74, 6) is -0.0965. The fraction of sp³-hybridized carbons (Fsp3) is 0.769. The Morgan fingerprint density at radius 2 is 1.90 bits per heavy atom. The first-order valence-corrected chi connectivity index (χ1v) is 6.94. The van der Waals surface area contributed by atoms with Crippen LogP contribution in [0.5, 0.6) is 0 Å². The minimum atomic E-state index is -0.542. The zero-order valence-electron chi connectivity index (χ0n) is 12.8. The van der Waals surface area contributed by atoms with Crippen LogP contribution in [0.1, 0.15) is 52.6 Å². The molecule has 1 N–H and O–H groups in total. The van der Waals surface area contributed by atoms with Crippen molar-refractivity contribution in [2.24, 2.45) is 0 Å². The highest BCUT2D eigenvalue weighted by Crippen LogP contribution is 2.17. The smallest absolute Gasteiger partial charge is 0.244 e. The summed E-state index contributed by atoms with van der Waals surface area (Å²) in [6.45, 7) is 10.4. The van der Waals surface area contributed by atoms with Gasteiger partial charge < -0.3 is 14.8 Å². The minimum Gasteiger partial charge on any atom is -0.352 e. The topological polar surface area (TPSA) is 78.3 Å². The van der Waals surface area contributed by atoms with E-state index in [4.69, 9.17) is 9.47 Å². The highest BCUT2D eigenvalue weighted by atomic mass is 16.7. The number of ether oxygens (including phenoxy) is 2. The first-order valence-electron chi connectivity index (χ1n) is 6.94. The van der Waals surface area contributed by atoms with Crippen LogP contribution in [0.4, 0.5) is 0 Å². The average Bonchev–Trinajstić information content (AvgIpc) is 2.86. The molecule has 114 valence electrons. The van der Waals surface area contributed by atoms with Gasteiger partial charge in [-0.05, 0) is 34.6 Å². The van der Waals surface area contributed by atoms with Crippen molar-refractivity contribution in [1.29, 1.82) is 0 Å². The fourth-order valence-electron chi connectivity index (χ4n) is 1.63. The van der Waals surface area contributed by atoms with E-state index in [0.717, 1.165) is 0 Å². The molecule has 0 saturated carbocycles. The van der Waals surface area contributed by atoms with Crippen molar-refractivity contribution < 1.29 is 14.3 Å². The second kappa shape index (κ2) is 7.96. The number of carbonyl (C=O) groups is 1. The van der Waals surface area contributed by atoms with Gasteiger partial charge in [0, 0.05) is 19.3 Å². The maximum Gasteiger partial charge on any atom is 0.244 e. The molecule has 0 fully saturated rings. The third-order valence-electron chi connectivity index (χ3n) is 2.61. The van der Waals surface area contributed by atoms with Crippen LogP contribution in [0.3, 0.4) is 0 Å². The quantitative estimate of drug-likeness (QED) is 0.731. The maximum absolute atomic E-state index is 11.9. The van der Waals surface area contributed by atoms with Crippen molar-refractivity contribution in [1.82, 2.24) is 20.3 Å². The molecule has 0 radical (unpaired) electrons. The van der Waals surface area contributed by atoms with Crippen molar-refractivity contribution in [3.05, 3.63) is 11.9 Å². The molecule has 1 atom stereocenters. The third-order valence-corrected chi connectivity index (χ3v) is 2.61. The van der Waals surface area contributed by atoms with Crippen molar-refractivity contribution in [2.45, 2.75) is 53.0 Å². The van der Waals surface area contributed by atoms with E-state index < -0.39 is 12.3 Å². The molecule has 0 aliphatic carbocycles. The molecule has 1 aromatic heterocycles. The molecule has 1 unspecified atom stereocenters. The molecule has 7 nitrogen and oxygen atoms in total. The lowest BCUT2D eigenvalue weighted by Crippen LogP contribution is -2.35. The van der Waals surface area contributed by atoms with E-state index in [0.29, 0.717) is 18.9 Å². The molecule has 20 heavy (non-hydrogen) atoms. The van der Waals surface area contributed by atoms with Gasteiger partial charge in [0.05, 0.1) is 6.20 Å². The van der Waals surface area contributed by atoms with Crippen LogP contribution in [0, 0.1) is 0 Å². The molecule has 1 heterocycles. The summed E-state index contributed by atoms with van der Waals surface area (Å²) in [5, 5.41) is 10.8. The second-order valence-corrected chi connectivity index (χ2v) is 4.71. The van der Waals surface area contributed by atoms with Crippen LogP contribution in [0.25, 0.3) is 0 Å². The molecule has 0 aliphatic rings. The summed E-state index contributed by atoms with van der Waals surface area (Å²) in [6, 6.07) is -0.338. The van der Waals surface area contributed by atoms with Gasteiger partial charge in [-0.1, -0.05) is 5.21 Å². The lowest BCUT2D eigenvalue weighted by molar-refractivity contribution is -0.142. The first kappa shape index (κ1) is 16.6. The van der Waals surface area contributed by atoms with Gasteiger partial charge in [0.1, 0.15) is 11.7 Å². The predicted octanol–water partition coefficient (Wildman–Crippen LogP) is 1.44. The Balaban J connectivity index is 2.76. The fourth-order valence-corrected chi connectivity index (χ4v) is 1.63. The third kappa shape index (κ3) is 4.57. The number of carbonyl (C=O) groups excluding carboxylic acids is 1. The van der Waals surface area contributed by atoms with Crippen molar-refractivity contribution in [3.63, 3.8) is 0 Å². The van der Waals surface area contributed by atoms with E-state index in [-0.39, 0.29) is 11.9 Å². The van der Waals surface area contributed by atoms with Crippen LogP contribution < -0.4 is 5.32 Å². The van der Waals surface area contributed by atoms with Gasteiger partial charge in [0.2, 0.25) is 12.2 Å². The minimum absolute atomic E-state index is 0.0903. The van der Waals surface area contributed by atoms with Crippen LogP contribution in [0.2, 0.25) is 0 Å². The van der Waals surface area contributed by atoms with Gasteiger partial charge in [0.15, 0.2) is 0 Å². The van der Waals surface area contributed by atoms with Gasteiger partial charge >= 0.3 is 0 Å². The predicted molar refractivity (Wildman–Crippen MR) is 74.0 cm³/mol. The summed E-state index contributed by atoms with van der Waals surface area (Å²) in [5.41, 5.74) is 0.567. The Morgan fingerprint density at radius 1 is 1.30 bits per heavy atom. The summed E-state index contributed by atoms with van der Waals surface area (Å²) in [6.07, 6.45) is 1.14. The Kier molecular flexibility index (Phi) is 6.60. The van der Waals surface area contributed by atoms with E-state index in [1.807, 2.05) is 27.7 Å². The number of nitrogens with one attached hydrogen (secondary N) is 1. The Morgan fingerprint density at radius 3 is 2.40 bits per heavy atom. The van der Waals surface area contributed by atoms with Gasteiger partial charge in [0.25, 0.3) is 0 Å². The molecule has 0 bridgehead atoms. The summed E-state index contributed by atoms with van der Waals surface area (Å²) in [7, 11) is 0. The van der Waals surface area contributed by atoms with E-state index in [1.165, 1.54) is 4.68 Å². The summed E-state index contributed by atoms with van der Waals surface area (Å²) < 4.78 is 12.4. The van der Waals surface area contributed by atoms with Gasteiger partial charge in [-0.25, -0.2) is 4.68 Å².